The number of amidine groups is 1. The molecular formula is C24H38N6O3. The van der Waals surface area contributed by atoms with Gasteiger partial charge in [-0.25, -0.2) is 9.79 Å². The molecule has 0 saturated carbocycles. The molecule has 0 spiro atoms. The number of aliphatic imine (C=N–C) groups is 1. The molecule has 33 heavy (non-hydrogen) atoms. The summed E-state index contributed by atoms with van der Waals surface area (Å²) in [6.07, 6.45) is 2.11. The summed E-state index contributed by atoms with van der Waals surface area (Å²) in [6, 6.07) is 1.82. The van der Waals surface area contributed by atoms with E-state index in [9.17, 15) is 9.59 Å². The third-order valence-corrected chi connectivity index (χ3v) is 6.24. The van der Waals surface area contributed by atoms with E-state index in [4.69, 9.17) is 14.8 Å². The third kappa shape index (κ3) is 5.75. The molecule has 2 aliphatic heterocycles. The van der Waals surface area contributed by atoms with Crippen LogP contribution in [0.3, 0.4) is 0 Å². The van der Waals surface area contributed by atoms with Gasteiger partial charge in [0.25, 0.3) is 0 Å². The van der Waals surface area contributed by atoms with Crippen LogP contribution in [0.2, 0.25) is 0 Å². The van der Waals surface area contributed by atoms with Crippen molar-refractivity contribution >= 4 is 23.5 Å². The zero-order chi connectivity index (χ0) is 24.3. The fraction of sp³-hybridized carbons (Fsp3) is 0.667. The number of carbonyl (C=O) groups excluding carboxylic acids is 2. The highest BCUT2D eigenvalue weighted by atomic mass is 16.6. The van der Waals surface area contributed by atoms with Crippen molar-refractivity contribution < 1.29 is 14.3 Å². The Morgan fingerprint density at radius 2 is 1.91 bits per heavy atom. The molecule has 9 heteroatoms. The van der Waals surface area contributed by atoms with Crippen molar-refractivity contribution in [3.63, 3.8) is 0 Å². The Labute approximate surface area is 196 Å². The molecule has 1 aromatic rings. The maximum absolute atomic E-state index is 12.6. The van der Waals surface area contributed by atoms with Crippen molar-refractivity contribution in [3.8, 4) is 0 Å². The van der Waals surface area contributed by atoms with Crippen LogP contribution in [0.25, 0.3) is 5.70 Å². The first-order chi connectivity index (χ1) is 15.5. The average molecular weight is 459 g/mol. The molecule has 0 unspecified atom stereocenters. The van der Waals surface area contributed by atoms with Gasteiger partial charge in [-0.1, -0.05) is 13.5 Å². The molecule has 1 atom stereocenters. The van der Waals surface area contributed by atoms with Gasteiger partial charge in [-0.3, -0.25) is 14.4 Å². The Morgan fingerprint density at radius 3 is 2.48 bits per heavy atom. The molecule has 3 heterocycles. The van der Waals surface area contributed by atoms with Crippen molar-refractivity contribution in [2.24, 2.45) is 10.9 Å². The minimum atomic E-state index is -0.534. The highest BCUT2D eigenvalue weighted by molar-refractivity contribution is 5.87. The summed E-state index contributed by atoms with van der Waals surface area (Å²) >= 11 is 0. The summed E-state index contributed by atoms with van der Waals surface area (Å²) in [6.45, 7) is 16.6. The molecule has 0 radical (unpaired) electrons. The molecule has 9 nitrogen and oxygen atoms in total. The SMILES string of the molecule is C=C(/N=C(\CC)N1CCC(C(=O)NC)CC1)c1cc2n(n1)CCN(C(=O)OC(C)(C)C)[C@@H]2C. The summed E-state index contributed by atoms with van der Waals surface area (Å²) in [5.74, 6) is 1.15. The number of ether oxygens (including phenoxy) is 1. The van der Waals surface area contributed by atoms with Crippen LogP contribution < -0.4 is 5.32 Å². The molecule has 2 amide bonds. The number of hydrogen-bond acceptors (Lipinski definition) is 5. The Bertz CT molecular complexity index is 921. The third-order valence-electron chi connectivity index (χ3n) is 6.24. The lowest BCUT2D eigenvalue weighted by Gasteiger charge is -2.35. The van der Waals surface area contributed by atoms with Crippen molar-refractivity contribution in [2.75, 3.05) is 26.7 Å². The topological polar surface area (TPSA) is 92.1 Å². The van der Waals surface area contributed by atoms with Crippen LogP contribution in [0, 0.1) is 5.92 Å². The van der Waals surface area contributed by atoms with E-state index in [1.54, 1.807) is 11.9 Å². The lowest BCUT2D eigenvalue weighted by molar-refractivity contribution is -0.125. The summed E-state index contributed by atoms with van der Waals surface area (Å²) in [5.41, 5.74) is 1.74. The van der Waals surface area contributed by atoms with Gasteiger partial charge in [-0.2, -0.15) is 5.10 Å². The van der Waals surface area contributed by atoms with Gasteiger partial charge in [-0.15, -0.1) is 0 Å². The lowest BCUT2D eigenvalue weighted by Crippen LogP contribution is -2.43. The fourth-order valence-electron chi connectivity index (χ4n) is 4.40. The maximum Gasteiger partial charge on any atom is 0.410 e. The largest absolute Gasteiger partial charge is 0.444 e. The number of aromatic nitrogens is 2. The van der Waals surface area contributed by atoms with Crippen molar-refractivity contribution in [2.45, 2.75) is 72.1 Å². The van der Waals surface area contributed by atoms with Crippen LogP contribution in [-0.4, -0.2) is 69.7 Å². The van der Waals surface area contributed by atoms with Crippen LogP contribution in [-0.2, 0) is 16.1 Å². The molecule has 1 N–H and O–H groups in total. The zero-order valence-electron chi connectivity index (χ0n) is 20.8. The van der Waals surface area contributed by atoms with Crippen LogP contribution >= 0.6 is 0 Å². The van der Waals surface area contributed by atoms with Gasteiger partial charge >= 0.3 is 6.09 Å². The van der Waals surface area contributed by atoms with Gasteiger partial charge in [0.1, 0.15) is 17.1 Å². The smallest absolute Gasteiger partial charge is 0.410 e. The van der Waals surface area contributed by atoms with Gasteiger partial charge in [0.15, 0.2) is 0 Å². The lowest BCUT2D eigenvalue weighted by atomic mass is 9.96. The molecule has 0 aromatic carbocycles. The molecule has 1 aromatic heterocycles. The Balaban J connectivity index is 1.70. The molecule has 182 valence electrons. The van der Waals surface area contributed by atoms with E-state index in [2.05, 4.69) is 23.7 Å². The normalized spacial score (nSPS) is 19.8. The Kier molecular flexibility index (Phi) is 7.49. The number of fused-ring (bicyclic) bond motifs is 1. The standard InChI is InChI=1S/C24H38N6O3/c1-8-21(28-11-9-18(10-12-28)22(31)25-7)26-16(2)19-15-20-17(3)29(13-14-30(20)27-19)23(32)33-24(4,5)6/h15,17-18H,2,8-14H2,1,3-7H3,(H,25,31)/b26-21+/t17-/m1/s1. The van der Waals surface area contributed by atoms with Gasteiger partial charge in [0.05, 0.1) is 24.0 Å². The van der Waals surface area contributed by atoms with E-state index in [1.807, 2.05) is 38.4 Å². The van der Waals surface area contributed by atoms with Crippen LogP contribution in [0.4, 0.5) is 4.79 Å². The van der Waals surface area contributed by atoms with Gasteiger partial charge in [-0.05, 0) is 46.6 Å². The first kappa shape index (κ1) is 24.8. The summed E-state index contributed by atoms with van der Waals surface area (Å²) in [7, 11) is 1.69. The van der Waals surface area contributed by atoms with Crippen molar-refractivity contribution in [1.29, 1.82) is 0 Å². The first-order valence-corrected chi connectivity index (χ1v) is 11.8. The summed E-state index contributed by atoms with van der Waals surface area (Å²) in [4.78, 5) is 33.3. The van der Waals surface area contributed by atoms with Gasteiger partial charge in [0.2, 0.25) is 5.91 Å². The predicted molar refractivity (Wildman–Crippen MR) is 129 cm³/mol. The van der Waals surface area contributed by atoms with Crippen molar-refractivity contribution in [3.05, 3.63) is 24.0 Å². The fourth-order valence-corrected chi connectivity index (χ4v) is 4.40. The van der Waals surface area contributed by atoms with Gasteiger partial charge < -0.3 is 15.0 Å². The van der Waals surface area contributed by atoms with E-state index in [0.29, 0.717) is 24.5 Å². The van der Waals surface area contributed by atoms with E-state index in [0.717, 1.165) is 43.9 Å². The monoisotopic (exact) mass is 458 g/mol. The van der Waals surface area contributed by atoms with E-state index in [1.165, 1.54) is 0 Å². The minimum absolute atomic E-state index is 0.0711. The second-order valence-corrected chi connectivity index (χ2v) is 9.73. The highest BCUT2D eigenvalue weighted by Crippen LogP contribution is 2.29. The highest BCUT2D eigenvalue weighted by Gasteiger charge is 2.32. The second kappa shape index (κ2) is 9.97. The van der Waals surface area contributed by atoms with Crippen molar-refractivity contribution in [1.82, 2.24) is 24.9 Å². The Hall–Kier alpha value is -2.84. The minimum Gasteiger partial charge on any atom is -0.444 e. The van der Waals surface area contributed by atoms with E-state index >= 15 is 0 Å². The summed E-state index contributed by atoms with van der Waals surface area (Å²) in [5, 5.41) is 7.46. The molecule has 1 saturated heterocycles. The summed E-state index contributed by atoms with van der Waals surface area (Å²) < 4.78 is 7.50. The number of hydrogen-bond donors (Lipinski definition) is 1. The number of rotatable bonds is 4. The molecule has 3 rings (SSSR count). The van der Waals surface area contributed by atoms with Crippen LogP contribution in [0.1, 0.15) is 71.3 Å². The number of carbonyl (C=O) groups is 2. The Morgan fingerprint density at radius 1 is 1.24 bits per heavy atom. The average Bonchev–Trinajstić information content (AvgIpc) is 3.21. The number of piperidine rings is 1. The first-order valence-electron chi connectivity index (χ1n) is 11.8. The van der Waals surface area contributed by atoms with E-state index in [-0.39, 0.29) is 24.0 Å². The molecular weight excluding hydrogens is 420 g/mol. The molecule has 0 bridgehead atoms. The predicted octanol–water partition coefficient (Wildman–Crippen LogP) is 3.43. The number of nitrogens with one attached hydrogen (secondary N) is 1. The number of nitrogens with zero attached hydrogens (tertiary/aromatic N) is 5. The second-order valence-electron chi connectivity index (χ2n) is 9.73. The van der Waals surface area contributed by atoms with Crippen LogP contribution in [0.5, 0.6) is 0 Å². The van der Waals surface area contributed by atoms with E-state index < -0.39 is 5.60 Å². The maximum atomic E-state index is 12.6. The molecule has 2 aliphatic rings. The number of amides is 2. The van der Waals surface area contributed by atoms with Crippen LogP contribution in [0.15, 0.2) is 17.6 Å². The quantitative estimate of drug-likeness (QED) is 0.551. The zero-order valence-corrected chi connectivity index (χ0v) is 20.8. The van der Waals surface area contributed by atoms with Gasteiger partial charge in [0, 0.05) is 39.0 Å². The molecule has 0 aliphatic carbocycles. The number of likely N-dealkylation sites (tertiary alicyclic amines) is 1. The molecule has 1 fully saturated rings.